The Bertz CT molecular complexity index is 425. The van der Waals surface area contributed by atoms with Crippen LogP contribution in [0.25, 0.3) is 0 Å². The molecule has 112 valence electrons. The van der Waals surface area contributed by atoms with Crippen LogP contribution in [-0.2, 0) is 0 Å². The predicted octanol–water partition coefficient (Wildman–Crippen LogP) is 4.52. The molecule has 0 amide bonds. The number of likely N-dealkylation sites (tertiary alicyclic amines) is 1. The molecule has 0 saturated carbocycles. The van der Waals surface area contributed by atoms with Gasteiger partial charge in [-0.2, -0.15) is 0 Å². The predicted molar refractivity (Wildman–Crippen MR) is 96.4 cm³/mol. The first-order valence-electron chi connectivity index (χ1n) is 7.85. The Hall–Kier alpha value is -0.290. The Balaban J connectivity index is 1.86. The molecule has 1 aliphatic heterocycles. The van der Waals surface area contributed by atoms with Gasteiger partial charge in [-0.3, -0.25) is 0 Å². The Morgan fingerprint density at radius 2 is 2.05 bits per heavy atom. The molecule has 1 saturated heterocycles. The number of hydrogen-bond acceptors (Lipinski definition) is 2. The summed E-state index contributed by atoms with van der Waals surface area (Å²) < 4.78 is 1.34. The van der Waals surface area contributed by atoms with Crippen LogP contribution >= 0.6 is 22.6 Å². The van der Waals surface area contributed by atoms with Crippen molar-refractivity contribution in [2.75, 3.05) is 25.0 Å². The molecule has 0 bridgehead atoms. The van der Waals surface area contributed by atoms with Gasteiger partial charge in [0.05, 0.1) is 0 Å². The fourth-order valence-corrected chi connectivity index (χ4v) is 3.57. The zero-order chi connectivity index (χ0) is 14.5. The lowest BCUT2D eigenvalue weighted by Crippen LogP contribution is -2.39. The molecule has 3 heteroatoms. The summed E-state index contributed by atoms with van der Waals surface area (Å²) in [5.74, 6) is 0.807. The van der Waals surface area contributed by atoms with Crippen molar-refractivity contribution in [3.63, 3.8) is 0 Å². The van der Waals surface area contributed by atoms with E-state index in [1.54, 1.807) is 0 Å². The Morgan fingerprint density at radius 1 is 1.35 bits per heavy atom. The van der Waals surface area contributed by atoms with Crippen LogP contribution in [0, 0.1) is 16.4 Å². The summed E-state index contributed by atoms with van der Waals surface area (Å²) >= 11 is 2.42. The minimum atomic E-state index is 0.567. The van der Waals surface area contributed by atoms with Crippen molar-refractivity contribution in [1.29, 1.82) is 0 Å². The second-order valence-corrected chi connectivity index (χ2v) is 7.24. The normalized spacial score (nSPS) is 19.0. The fourth-order valence-electron chi connectivity index (χ4n) is 3.06. The lowest BCUT2D eigenvalue weighted by atomic mass is 9.90. The molecule has 1 aromatic carbocycles. The number of benzene rings is 1. The van der Waals surface area contributed by atoms with E-state index in [9.17, 15) is 0 Å². The highest BCUT2D eigenvalue weighted by Crippen LogP contribution is 2.24. The zero-order valence-corrected chi connectivity index (χ0v) is 15.1. The van der Waals surface area contributed by atoms with E-state index in [1.165, 1.54) is 53.7 Å². The van der Waals surface area contributed by atoms with Crippen molar-refractivity contribution in [3.05, 3.63) is 27.3 Å². The van der Waals surface area contributed by atoms with Gasteiger partial charge in [-0.15, -0.1) is 0 Å². The van der Waals surface area contributed by atoms with E-state index in [1.807, 2.05) is 0 Å². The van der Waals surface area contributed by atoms with Crippen molar-refractivity contribution in [3.8, 4) is 0 Å². The third-order valence-electron chi connectivity index (χ3n) is 4.45. The second kappa shape index (κ2) is 7.64. The van der Waals surface area contributed by atoms with Crippen molar-refractivity contribution in [2.24, 2.45) is 5.92 Å². The maximum absolute atomic E-state index is 3.70. The summed E-state index contributed by atoms with van der Waals surface area (Å²) in [6, 6.07) is 7.25. The molecule has 1 fully saturated rings. The molecule has 0 aromatic heterocycles. The number of nitrogens with one attached hydrogen (secondary N) is 1. The Kier molecular flexibility index (Phi) is 6.15. The highest BCUT2D eigenvalue weighted by atomic mass is 127. The topological polar surface area (TPSA) is 15.3 Å². The minimum absolute atomic E-state index is 0.567. The molecule has 2 rings (SSSR count). The van der Waals surface area contributed by atoms with Crippen molar-refractivity contribution >= 4 is 28.3 Å². The van der Waals surface area contributed by atoms with E-state index in [4.69, 9.17) is 0 Å². The molecule has 1 atom stereocenters. The van der Waals surface area contributed by atoms with Gasteiger partial charge in [0.1, 0.15) is 0 Å². The molecule has 1 aliphatic rings. The van der Waals surface area contributed by atoms with Crippen LogP contribution < -0.4 is 5.32 Å². The number of nitrogens with zero attached hydrogens (tertiary/aromatic N) is 1. The quantitative estimate of drug-likeness (QED) is 0.749. The van der Waals surface area contributed by atoms with Crippen LogP contribution in [0.15, 0.2) is 18.2 Å². The van der Waals surface area contributed by atoms with Crippen molar-refractivity contribution < 1.29 is 0 Å². The first-order valence-corrected chi connectivity index (χ1v) is 8.93. The molecule has 1 aromatic rings. The van der Waals surface area contributed by atoms with E-state index >= 15 is 0 Å². The highest BCUT2D eigenvalue weighted by Gasteiger charge is 2.23. The van der Waals surface area contributed by atoms with Crippen LogP contribution in [0.1, 0.15) is 38.7 Å². The monoisotopic (exact) mass is 386 g/mol. The number of rotatable bonds is 5. The van der Waals surface area contributed by atoms with Gasteiger partial charge < -0.3 is 10.2 Å². The lowest BCUT2D eigenvalue weighted by molar-refractivity contribution is 0.176. The van der Waals surface area contributed by atoms with Crippen molar-refractivity contribution in [2.45, 2.75) is 46.1 Å². The Morgan fingerprint density at radius 3 is 2.65 bits per heavy atom. The summed E-state index contributed by atoms with van der Waals surface area (Å²) in [7, 11) is 0. The SMILES string of the molecule is CCCN1CCC(C(C)Nc2ccc(C)c(I)c2)CC1. The van der Waals surface area contributed by atoms with Crippen LogP contribution in [0.4, 0.5) is 5.69 Å². The van der Waals surface area contributed by atoms with Crippen LogP contribution in [-0.4, -0.2) is 30.6 Å². The highest BCUT2D eigenvalue weighted by molar-refractivity contribution is 14.1. The number of aryl methyl sites for hydroxylation is 1. The van der Waals surface area contributed by atoms with Crippen LogP contribution in [0.5, 0.6) is 0 Å². The molecule has 1 heterocycles. The third kappa shape index (κ3) is 4.35. The Labute approximate surface area is 137 Å². The maximum atomic E-state index is 3.70. The number of hydrogen-bond donors (Lipinski definition) is 1. The average Bonchev–Trinajstić information content (AvgIpc) is 2.44. The summed E-state index contributed by atoms with van der Waals surface area (Å²) in [5, 5.41) is 3.70. The van der Waals surface area contributed by atoms with Gasteiger partial charge in [0.25, 0.3) is 0 Å². The number of anilines is 1. The third-order valence-corrected chi connectivity index (χ3v) is 5.61. The van der Waals surface area contributed by atoms with E-state index < -0.39 is 0 Å². The van der Waals surface area contributed by atoms with E-state index in [2.05, 4.69) is 71.8 Å². The molecule has 0 spiro atoms. The second-order valence-electron chi connectivity index (χ2n) is 6.08. The standard InChI is InChI=1S/C17H27IN2/c1-4-9-20-10-7-15(8-11-20)14(3)19-16-6-5-13(2)17(18)12-16/h5-6,12,14-15,19H,4,7-11H2,1-3H3. The molecular formula is C17H27IN2. The van der Waals surface area contributed by atoms with Gasteiger partial charge in [-0.25, -0.2) is 0 Å². The first-order chi connectivity index (χ1) is 9.60. The van der Waals surface area contributed by atoms with Crippen molar-refractivity contribution in [1.82, 2.24) is 4.90 Å². The fraction of sp³-hybridized carbons (Fsp3) is 0.647. The summed E-state index contributed by atoms with van der Waals surface area (Å²) in [4.78, 5) is 2.61. The summed E-state index contributed by atoms with van der Waals surface area (Å²) in [6.45, 7) is 10.6. The summed E-state index contributed by atoms with van der Waals surface area (Å²) in [6.07, 6.45) is 3.94. The molecular weight excluding hydrogens is 359 g/mol. The lowest BCUT2D eigenvalue weighted by Gasteiger charge is -2.35. The first kappa shape index (κ1) is 16.1. The van der Waals surface area contributed by atoms with Gasteiger partial charge in [0.2, 0.25) is 0 Å². The number of piperidine rings is 1. The zero-order valence-electron chi connectivity index (χ0n) is 13.0. The average molecular weight is 386 g/mol. The van der Waals surface area contributed by atoms with E-state index in [-0.39, 0.29) is 0 Å². The molecule has 2 nitrogen and oxygen atoms in total. The van der Waals surface area contributed by atoms with Gasteiger partial charge in [0.15, 0.2) is 0 Å². The smallest absolute Gasteiger partial charge is 0.0353 e. The van der Waals surface area contributed by atoms with Gasteiger partial charge >= 0.3 is 0 Å². The van der Waals surface area contributed by atoms with E-state index in [0.29, 0.717) is 6.04 Å². The molecule has 0 radical (unpaired) electrons. The molecule has 20 heavy (non-hydrogen) atoms. The van der Waals surface area contributed by atoms with E-state index in [0.717, 1.165) is 5.92 Å². The minimum Gasteiger partial charge on any atom is -0.382 e. The molecule has 0 aliphatic carbocycles. The van der Waals surface area contributed by atoms with Gasteiger partial charge in [-0.1, -0.05) is 13.0 Å². The summed E-state index contributed by atoms with van der Waals surface area (Å²) in [5.41, 5.74) is 2.63. The molecule has 1 N–H and O–H groups in total. The van der Waals surface area contributed by atoms with Gasteiger partial charge in [0, 0.05) is 15.3 Å². The van der Waals surface area contributed by atoms with Crippen LogP contribution in [0.3, 0.4) is 0 Å². The van der Waals surface area contributed by atoms with Gasteiger partial charge in [-0.05, 0) is 98.9 Å². The maximum Gasteiger partial charge on any atom is 0.0353 e. The molecule has 1 unspecified atom stereocenters. The van der Waals surface area contributed by atoms with Crippen LogP contribution in [0.2, 0.25) is 0 Å². The number of halogens is 1. The largest absolute Gasteiger partial charge is 0.382 e.